The number of methoxy groups -OCH3 is 1. The van der Waals surface area contributed by atoms with E-state index in [1.165, 1.54) is 7.11 Å². The maximum atomic E-state index is 11.3. The minimum Gasteiger partial charge on any atom is -0.497 e. The normalized spacial score (nSPS) is 14.2. The lowest BCUT2D eigenvalue weighted by Gasteiger charge is -2.15. The van der Waals surface area contributed by atoms with Crippen LogP contribution in [0.3, 0.4) is 0 Å². The molecule has 2 amide bonds. The molecule has 0 saturated carbocycles. The zero-order chi connectivity index (χ0) is 13.7. The first-order valence-corrected chi connectivity index (χ1v) is 6.03. The first-order chi connectivity index (χ1) is 9.24. The van der Waals surface area contributed by atoms with Crippen molar-refractivity contribution in [1.29, 1.82) is 0 Å². The molecule has 0 unspecified atom stereocenters. The number of hydrogen-bond acceptors (Lipinski definition) is 4. The number of nitrogens with zero attached hydrogens (tertiary/aromatic N) is 1. The number of benzene rings is 1. The van der Waals surface area contributed by atoms with Crippen LogP contribution in [0.1, 0.15) is 10.4 Å². The summed E-state index contributed by atoms with van der Waals surface area (Å²) in [5.74, 6) is 1.10. The second-order valence-electron chi connectivity index (χ2n) is 4.09. The van der Waals surface area contributed by atoms with E-state index in [1.807, 2.05) is 0 Å². The van der Waals surface area contributed by atoms with Crippen LogP contribution in [0.15, 0.2) is 18.2 Å². The predicted octanol–water partition coefficient (Wildman–Crippen LogP) is 0.912. The molecule has 6 heteroatoms. The molecule has 0 radical (unpaired) electrons. The average Bonchev–Trinajstić information content (AvgIpc) is 2.84. The third kappa shape index (κ3) is 3.15. The van der Waals surface area contributed by atoms with Gasteiger partial charge in [0.15, 0.2) is 6.29 Å². The van der Waals surface area contributed by atoms with Gasteiger partial charge in [-0.05, 0) is 18.2 Å². The number of amides is 2. The van der Waals surface area contributed by atoms with E-state index < -0.39 is 0 Å². The standard InChI is InChI=1S/C13H16N2O4/c1-18-11-2-3-12(10(8-11)9-16)19-7-6-15-5-4-14-13(15)17/h2-3,8-9H,4-7H2,1H3,(H,14,17). The van der Waals surface area contributed by atoms with Crippen LogP contribution in [0.4, 0.5) is 4.79 Å². The van der Waals surface area contributed by atoms with Gasteiger partial charge < -0.3 is 19.7 Å². The predicted molar refractivity (Wildman–Crippen MR) is 68.8 cm³/mol. The van der Waals surface area contributed by atoms with Crippen LogP contribution in [0.2, 0.25) is 0 Å². The van der Waals surface area contributed by atoms with Gasteiger partial charge in [0.1, 0.15) is 18.1 Å². The van der Waals surface area contributed by atoms with Crippen molar-refractivity contribution in [2.24, 2.45) is 0 Å². The van der Waals surface area contributed by atoms with Gasteiger partial charge >= 0.3 is 6.03 Å². The van der Waals surface area contributed by atoms with Crippen molar-refractivity contribution in [1.82, 2.24) is 10.2 Å². The minimum atomic E-state index is -0.0751. The number of rotatable bonds is 6. The molecule has 19 heavy (non-hydrogen) atoms. The van der Waals surface area contributed by atoms with Crippen LogP contribution in [0, 0.1) is 0 Å². The van der Waals surface area contributed by atoms with Gasteiger partial charge in [0, 0.05) is 13.1 Å². The monoisotopic (exact) mass is 264 g/mol. The molecule has 1 saturated heterocycles. The molecule has 0 atom stereocenters. The Labute approximate surface area is 111 Å². The van der Waals surface area contributed by atoms with Gasteiger partial charge in [-0.1, -0.05) is 0 Å². The van der Waals surface area contributed by atoms with Crippen molar-refractivity contribution >= 4 is 12.3 Å². The Balaban J connectivity index is 1.91. The van der Waals surface area contributed by atoms with Crippen LogP contribution in [-0.2, 0) is 0 Å². The summed E-state index contributed by atoms with van der Waals surface area (Å²) in [5, 5.41) is 2.71. The smallest absolute Gasteiger partial charge is 0.317 e. The minimum absolute atomic E-state index is 0.0751. The van der Waals surface area contributed by atoms with E-state index in [0.717, 1.165) is 6.29 Å². The number of carbonyl (C=O) groups excluding carboxylic acids is 2. The second kappa shape index (κ2) is 6.08. The Morgan fingerprint density at radius 3 is 2.95 bits per heavy atom. The molecule has 2 rings (SSSR count). The Bertz CT molecular complexity index is 476. The summed E-state index contributed by atoms with van der Waals surface area (Å²) in [5.41, 5.74) is 0.435. The third-order valence-corrected chi connectivity index (χ3v) is 2.91. The van der Waals surface area contributed by atoms with E-state index in [9.17, 15) is 9.59 Å². The van der Waals surface area contributed by atoms with Crippen molar-refractivity contribution in [2.45, 2.75) is 0 Å². The Morgan fingerprint density at radius 1 is 1.47 bits per heavy atom. The summed E-state index contributed by atoms with van der Waals surface area (Å²) in [6, 6.07) is 4.96. The molecule has 1 fully saturated rings. The number of aldehydes is 1. The van der Waals surface area contributed by atoms with E-state index in [-0.39, 0.29) is 6.03 Å². The SMILES string of the molecule is COc1ccc(OCCN2CCNC2=O)c(C=O)c1. The molecule has 102 valence electrons. The number of hydrogen-bond donors (Lipinski definition) is 1. The number of carbonyl (C=O) groups is 2. The highest BCUT2D eigenvalue weighted by atomic mass is 16.5. The molecule has 0 bridgehead atoms. The average molecular weight is 264 g/mol. The fourth-order valence-electron chi connectivity index (χ4n) is 1.87. The Kier molecular flexibility index (Phi) is 4.22. The van der Waals surface area contributed by atoms with Crippen LogP contribution >= 0.6 is 0 Å². The summed E-state index contributed by atoms with van der Waals surface area (Å²) in [6.07, 6.45) is 0.723. The Morgan fingerprint density at radius 2 is 2.32 bits per heavy atom. The molecule has 1 aromatic carbocycles. The van der Waals surface area contributed by atoms with Crippen LogP contribution in [-0.4, -0.2) is 50.6 Å². The molecule has 1 aromatic rings. The molecule has 1 aliphatic heterocycles. The van der Waals surface area contributed by atoms with E-state index in [0.29, 0.717) is 43.3 Å². The first-order valence-electron chi connectivity index (χ1n) is 6.03. The van der Waals surface area contributed by atoms with Gasteiger partial charge in [-0.15, -0.1) is 0 Å². The summed E-state index contributed by atoms with van der Waals surface area (Å²) >= 11 is 0. The van der Waals surface area contributed by atoms with E-state index in [4.69, 9.17) is 9.47 Å². The summed E-state index contributed by atoms with van der Waals surface area (Å²) in [6.45, 7) is 2.20. The molecule has 1 aliphatic rings. The Hall–Kier alpha value is -2.24. The maximum Gasteiger partial charge on any atom is 0.317 e. The third-order valence-electron chi connectivity index (χ3n) is 2.91. The highest BCUT2D eigenvalue weighted by Gasteiger charge is 2.18. The largest absolute Gasteiger partial charge is 0.497 e. The molecule has 0 aliphatic carbocycles. The topological polar surface area (TPSA) is 67.9 Å². The number of nitrogens with one attached hydrogen (secondary N) is 1. The molecule has 0 spiro atoms. The van der Waals surface area contributed by atoms with Gasteiger partial charge in [0.25, 0.3) is 0 Å². The number of ether oxygens (including phenoxy) is 2. The highest BCUT2D eigenvalue weighted by molar-refractivity contribution is 5.80. The van der Waals surface area contributed by atoms with Crippen molar-refractivity contribution in [3.8, 4) is 11.5 Å². The van der Waals surface area contributed by atoms with Crippen molar-refractivity contribution in [2.75, 3.05) is 33.4 Å². The zero-order valence-electron chi connectivity index (χ0n) is 10.7. The number of urea groups is 1. The van der Waals surface area contributed by atoms with Crippen molar-refractivity contribution < 1.29 is 19.1 Å². The van der Waals surface area contributed by atoms with E-state index >= 15 is 0 Å². The lowest BCUT2D eigenvalue weighted by atomic mass is 10.2. The van der Waals surface area contributed by atoms with E-state index in [1.54, 1.807) is 23.1 Å². The zero-order valence-corrected chi connectivity index (χ0v) is 10.7. The maximum absolute atomic E-state index is 11.3. The second-order valence-corrected chi connectivity index (χ2v) is 4.09. The van der Waals surface area contributed by atoms with Crippen molar-refractivity contribution in [3.63, 3.8) is 0 Å². The summed E-state index contributed by atoms with van der Waals surface area (Å²) in [7, 11) is 1.54. The van der Waals surface area contributed by atoms with Gasteiger partial charge in [0.05, 0.1) is 19.2 Å². The van der Waals surface area contributed by atoms with Crippen LogP contribution in [0.25, 0.3) is 0 Å². The van der Waals surface area contributed by atoms with Gasteiger partial charge in [0.2, 0.25) is 0 Å². The summed E-state index contributed by atoms with van der Waals surface area (Å²) in [4.78, 5) is 23.9. The summed E-state index contributed by atoms with van der Waals surface area (Å²) < 4.78 is 10.6. The van der Waals surface area contributed by atoms with Crippen molar-refractivity contribution in [3.05, 3.63) is 23.8 Å². The molecular formula is C13H16N2O4. The molecular weight excluding hydrogens is 248 g/mol. The lowest BCUT2D eigenvalue weighted by Crippen LogP contribution is -2.31. The molecule has 6 nitrogen and oxygen atoms in total. The highest BCUT2D eigenvalue weighted by Crippen LogP contribution is 2.22. The molecule has 1 N–H and O–H groups in total. The molecule has 0 aromatic heterocycles. The lowest BCUT2D eigenvalue weighted by molar-refractivity contribution is 0.111. The van der Waals surface area contributed by atoms with Gasteiger partial charge in [-0.3, -0.25) is 4.79 Å². The van der Waals surface area contributed by atoms with Crippen LogP contribution in [0.5, 0.6) is 11.5 Å². The quantitative estimate of drug-likeness (QED) is 0.775. The van der Waals surface area contributed by atoms with Gasteiger partial charge in [-0.2, -0.15) is 0 Å². The van der Waals surface area contributed by atoms with E-state index in [2.05, 4.69) is 5.32 Å². The fourth-order valence-corrected chi connectivity index (χ4v) is 1.87. The van der Waals surface area contributed by atoms with Gasteiger partial charge in [-0.25, -0.2) is 4.79 Å². The first kappa shape index (κ1) is 13.2. The molecule has 1 heterocycles. The van der Waals surface area contributed by atoms with Crippen LogP contribution < -0.4 is 14.8 Å². The fraction of sp³-hybridized carbons (Fsp3) is 0.385.